The predicted molar refractivity (Wildman–Crippen MR) is 69.6 cm³/mol. The van der Waals surface area contributed by atoms with Crippen LogP contribution >= 0.6 is 0 Å². The van der Waals surface area contributed by atoms with Crippen molar-refractivity contribution in [2.45, 2.75) is 19.1 Å². The summed E-state index contributed by atoms with van der Waals surface area (Å²) >= 11 is 0. The van der Waals surface area contributed by atoms with Crippen LogP contribution in [0.5, 0.6) is 0 Å². The molecular formula is C13H18FN3O2. The molecule has 0 spiro atoms. The second-order valence-corrected chi connectivity index (χ2v) is 4.65. The van der Waals surface area contributed by atoms with Gasteiger partial charge in [0.25, 0.3) is 0 Å². The number of nitrogens with zero attached hydrogens (tertiary/aromatic N) is 2. The lowest BCUT2D eigenvalue weighted by Gasteiger charge is -2.16. The van der Waals surface area contributed by atoms with Gasteiger partial charge in [-0.15, -0.1) is 0 Å². The Hall–Kier alpha value is -1.66. The van der Waals surface area contributed by atoms with Gasteiger partial charge in [-0.2, -0.15) is 0 Å². The van der Waals surface area contributed by atoms with Crippen LogP contribution in [0.3, 0.4) is 0 Å². The molecule has 1 aromatic carbocycles. The molecule has 1 aliphatic heterocycles. The van der Waals surface area contributed by atoms with E-state index in [1.54, 1.807) is 19.2 Å². The van der Waals surface area contributed by atoms with Crippen molar-refractivity contribution in [1.29, 1.82) is 0 Å². The largest absolute Gasteiger partial charge is 0.409 e. The molecule has 5 nitrogen and oxygen atoms in total. The Morgan fingerprint density at radius 2 is 2.42 bits per heavy atom. The van der Waals surface area contributed by atoms with E-state index in [2.05, 4.69) is 10.1 Å². The number of amidine groups is 1. The SMILES string of the molecule is COC1CCN(Cc2cccc(/C(N)=N/O)c2F)C1. The van der Waals surface area contributed by atoms with E-state index in [1.165, 1.54) is 6.07 Å². The van der Waals surface area contributed by atoms with Crippen molar-refractivity contribution in [2.24, 2.45) is 10.9 Å². The molecule has 0 aromatic heterocycles. The first-order chi connectivity index (χ1) is 9.15. The van der Waals surface area contributed by atoms with E-state index in [0.29, 0.717) is 12.1 Å². The topological polar surface area (TPSA) is 71.1 Å². The summed E-state index contributed by atoms with van der Waals surface area (Å²) in [5, 5.41) is 11.5. The van der Waals surface area contributed by atoms with Gasteiger partial charge in [-0.1, -0.05) is 17.3 Å². The van der Waals surface area contributed by atoms with E-state index in [9.17, 15) is 4.39 Å². The predicted octanol–water partition coefficient (Wildman–Crippen LogP) is 1.14. The summed E-state index contributed by atoms with van der Waals surface area (Å²) in [5.41, 5.74) is 6.11. The van der Waals surface area contributed by atoms with E-state index < -0.39 is 5.82 Å². The minimum Gasteiger partial charge on any atom is -0.409 e. The quantitative estimate of drug-likeness (QED) is 0.371. The third-order valence-corrected chi connectivity index (χ3v) is 3.42. The average Bonchev–Trinajstić information content (AvgIpc) is 2.88. The molecule has 104 valence electrons. The van der Waals surface area contributed by atoms with Crippen LogP contribution in [-0.4, -0.2) is 42.2 Å². The lowest BCUT2D eigenvalue weighted by Crippen LogP contribution is -2.24. The van der Waals surface area contributed by atoms with Gasteiger partial charge in [0, 0.05) is 32.3 Å². The molecule has 0 radical (unpaired) electrons. The first-order valence-corrected chi connectivity index (χ1v) is 6.16. The molecule has 0 saturated carbocycles. The van der Waals surface area contributed by atoms with Gasteiger partial charge in [0.05, 0.1) is 11.7 Å². The highest BCUT2D eigenvalue weighted by Crippen LogP contribution is 2.19. The van der Waals surface area contributed by atoms with Crippen molar-refractivity contribution in [3.63, 3.8) is 0 Å². The van der Waals surface area contributed by atoms with Crippen molar-refractivity contribution < 1.29 is 14.3 Å². The van der Waals surface area contributed by atoms with Crippen LogP contribution in [-0.2, 0) is 11.3 Å². The highest BCUT2D eigenvalue weighted by atomic mass is 19.1. The maximum absolute atomic E-state index is 14.2. The number of hydrogen-bond donors (Lipinski definition) is 2. The van der Waals surface area contributed by atoms with Crippen LogP contribution in [0, 0.1) is 5.82 Å². The molecule has 0 amide bonds. The van der Waals surface area contributed by atoms with Gasteiger partial charge in [-0.05, 0) is 12.5 Å². The standard InChI is InChI=1S/C13H18FN3O2/c1-19-10-5-6-17(8-10)7-9-3-2-4-11(12(9)14)13(15)16-18/h2-4,10,18H,5-8H2,1H3,(H2,15,16). The minimum atomic E-state index is -0.432. The molecule has 6 heteroatoms. The van der Waals surface area contributed by atoms with Crippen molar-refractivity contribution >= 4 is 5.84 Å². The first kappa shape index (κ1) is 13.8. The molecule has 1 aliphatic rings. The fourth-order valence-electron chi connectivity index (χ4n) is 2.33. The zero-order valence-electron chi connectivity index (χ0n) is 10.8. The number of nitrogens with two attached hydrogens (primary N) is 1. The van der Waals surface area contributed by atoms with Gasteiger partial charge in [-0.25, -0.2) is 4.39 Å². The average molecular weight is 267 g/mol. The van der Waals surface area contributed by atoms with Crippen molar-refractivity contribution in [3.05, 3.63) is 35.1 Å². The zero-order chi connectivity index (χ0) is 13.8. The van der Waals surface area contributed by atoms with Gasteiger partial charge in [-0.3, -0.25) is 4.90 Å². The summed E-state index contributed by atoms with van der Waals surface area (Å²) in [4.78, 5) is 2.13. The number of methoxy groups -OCH3 is 1. The zero-order valence-corrected chi connectivity index (χ0v) is 10.8. The van der Waals surface area contributed by atoms with Crippen LogP contribution in [0.15, 0.2) is 23.4 Å². The van der Waals surface area contributed by atoms with Crippen LogP contribution in [0.1, 0.15) is 17.5 Å². The Kier molecular flexibility index (Phi) is 4.34. The molecule has 1 atom stereocenters. The van der Waals surface area contributed by atoms with Crippen LogP contribution in [0.25, 0.3) is 0 Å². The highest BCUT2D eigenvalue weighted by Gasteiger charge is 2.23. The third kappa shape index (κ3) is 3.02. The molecule has 1 aromatic rings. The molecule has 19 heavy (non-hydrogen) atoms. The summed E-state index contributed by atoms with van der Waals surface area (Å²) in [5.74, 6) is -0.644. The molecule has 2 rings (SSSR count). The lowest BCUT2D eigenvalue weighted by molar-refractivity contribution is 0.107. The molecule has 1 unspecified atom stereocenters. The van der Waals surface area contributed by atoms with Crippen LogP contribution < -0.4 is 5.73 Å². The minimum absolute atomic E-state index is 0.127. The Morgan fingerprint density at radius 3 is 3.05 bits per heavy atom. The first-order valence-electron chi connectivity index (χ1n) is 6.16. The fourth-order valence-corrected chi connectivity index (χ4v) is 2.33. The molecule has 0 aliphatic carbocycles. The van der Waals surface area contributed by atoms with Gasteiger partial charge in [0.2, 0.25) is 0 Å². The Morgan fingerprint density at radius 1 is 1.63 bits per heavy atom. The Labute approximate surface area is 111 Å². The van der Waals surface area contributed by atoms with Gasteiger partial charge in [0.15, 0.2) is 5.84 Å². The van der Waals surface area contributed by atoms with Gasteiger partial charge < -0.3 is 15.7 Å². The number of benzene rings is 1. The van der Waals surface area contributed by atoms with E-state index in [0.717, 1.165) is 19.5 Å². The molecule has 0 bridgehead atoms. The monoisotopic (exact) mass is 267 g/mol. The number of rotatable bonds is 4. The van der Waals surface area contributed by atoms with Crippen LogP contribution in [0.4, 0.5) is 4.39 Å². The maximum atomic E-state index is 14.2. The number of halogens is 1. The van der Waals surface area contributed by atoms with E-state index in [1.807, 2.05) is 0 Å². The molecule has 3 N–H and O–H groups in total. The van der Waals surface area contributed by atoms with E-state index >= 15 is 0 Å². The summed E-state index contributed by atoms with van der Waals surface area (Å²) in [6.07, 6.45) is 1.17. The highest BCUT2D eigenvalue weighted by molar-refractivity contribution is 5.97. The van der Waals surface area contributed by atoms with Crippen molar-refractivity contribution in [1.82, 2.24) is 4.90 Å². The summed E-state index contributed by atoms with van der Waals surface area (Å²) in [6, 6.07) is 4.91. The molecule has 1 fully saturated rings. The summed E-state index contributed by atoms with van der Waals surface area (Å²) in [6.45, 7) is 2.17. The third-order valence-electron chi connectivity index (χ3n) is 3.42. The lowest BCUT2D eigenvalue weighted by atomic mass is 10.1. The van der Waals surface area contributed by atoms with E-state index in [4.69, 9.17) is 15.7 Å². The number of ether oxygens (including phenoxy) is 1. The summed E-state index contributed by atoms with van der Waals surface area (Å²) < 4.78 is 19.5. The number of likely N-dealkylation sites (tertiary alicyclic amines) is 1. The number of oxime groups is 1. The Bertz CT molecular complexity index is 479. The van der Waals surface area contributed by atoms with Gasteiger partial charge in [0.1, 0.15) is 5.82 Å². The normalized spacial score (nSPS) is 20.9. The van der Waals surface area contributed by atoms with Gasteiger partial charge >= 0.3 is 0 Å². The second-order valence-electron chi connectivity index (χ2n) is 4.65. The van der Waals surface area contributed by atoms with Crippen molar-refractivity contribution in [2.75, 3.05) is 20.2 Å². The maximum Gasteiger partial charge on any atom is 0.173 e. The van der Waals surface area contributed by atoms with E-state index in [-0.39, 0.29) is 17.5 Å². The fraction of sp³-hybridized carbons (Fsp3) is 0.462. The molecule has 1 heterocycles. The molecule has 1 saturated heterocycles. The number of hydrogen-bond acceptors (Lipinski definition) is 4. The smallest absolute Gasteiger partial charge is 0.173 e. The second kappa shape index (κ2) is 5.99. The van der Waals surface area contributed by atoms with Crippen LogP contribution in [0.2, 0.25) is 0 Å². The summed E-state index contributed by atoms with van der Waals surface area (Å²) in [7, 11) is 1.69. The molecular weight excluding hydrogens is 249 g/mol. The Balaban J connectivity index is 2.13. The van der Waals surface area contributed by atoms with Crippen molar-refractivity contribution in [3.8, 4) is 0 Å².